The number of halogens is 2. The summed E-state index contributed by atoms with van der Waals surface area (Å²) in [5.41, 5.74) is -0.386. The second-order valence-electron chi connectivity index (χ2n) is 6.39. The molecule has 1 heterocycles. The van der Waals surface area contributed by atoms with Gasteiger partial charge in [0.25, 0.3) is 5.92 Å². The lowest BCUT2D eigenvalue weighted by molar-refractivity contribution is -0.161. The minimum atomic E-state index is -2.52. The summed E-state index contributed by atoms with van der Waals surface area (Å²) >= 11 is 0. The van der Waals surface area contributed by atoms with Crippen molar-refractivity contribution in [3.63, 3.8) is 0 Å². The van der Waals surface area contributed by atoms with E-state index in [1.165, 1.54) is 0 Å². The maximum absolute atomic E-state index is 13.3. The summed E-state index contributed by atoms with van der Waals surface area (Å²) in [6.45, 7) is 7.96. The fourth-order valence-corrected chi connectivity index (χ4v) is 2.65. The van der Waals surface area contributed by atoms with E-state index in [0.717, 1.165) is 0 Å². The van der Waals surface area contributed by atoms with Crippen molar-refractivity contribution in [2.75, 3.05) is 26.2 Å². The SMILES string of the molecule is CC(C)(C)C(=O)N1CCN(C2CCC2(F)F)CC1. The maximum Gasteiger partial charge on any atom is 0.263 e. The molecule has 0 radical (unpaired) electrons. The first-order valence-corrected chi connectivity index (χ1v) is 6.63. The summed E-state index contributed by atoms with van der Waals surface area (Å²) in [5, 5.41) is 0. The average molecular weight is 260 g/mol. The fraction of sp³-hybridized carbons (Fsp3) is 0.923. The van der Waals surface area contributed by atoms with Gasteiger partial charge < -0.3 is 4.90 Å². The van der Waals surface area contributed by atoms with Crippen molar-refractivity contribution in [1.29, 1.82) is 0 Å². The number of carbonyl (C=O) groups excluding carboxylic acids is 1. The average Bonchev–Trinajstić information content (AvgIpc) is 2.26. The largest absolute Gasteiger partial charge is 0.340 e. The van der Waals surface area contributed by atoms with Gasteiger partial charge in [-0.15, -0.1) is 0 Å². The second kappa shape index (κ2) is 4.44. The van der Waals surface area contributed by atoms with E-state index in [2.05, 4.69) is 0 Å². The van der Waals surface area contributed by atoms with Crippen LogP contribution in [-0.4, -0.2) is 53.9 Å². The molecule has 18 heavy (non-hydrogen) atoms. The van der Waals surface area contributed by atoms with Crippen LogP contribution in [0.4, 0.5) is 8.78 Å². The minimum Gasteiger partial charge on any atom is -0.340 e. The quantitative estimate of drug-likeness (QED) is 0.719. The number of hydrogen-bond donors (Lipinski definition) is 0. The predicted octanol–water partition coefficient (Wildman–Crippen LogP) is 1.97. The lowest BCUT2D eigenvalue weighted by atomic mass is 9.86. The number of rotatable bonds is 1. The first-order valence-electron chi connectivity index (χ1n) is 6.63. The van der Waals surface area contributed by atoms with Crippen molar-refractivity contribution < 1.29 is 13.6 Å². The summed E-state index contributed by atoms with van der Waals surface area (Å²) in [5.74, 6) is -2.40. The number of piperazine rings is 1. The number of carbonyl (C=O) groups is 1. The van der Waals surface area contributed by atoms with Crippen molar-refractivity contribution in [2.24, 2.45) is 5.41 Å². The highest BCUT2D eigenvalue weighted by Gasteiger charge is 2.51. The highest BCUT2D eigenvalue weighted by molar-refractivity contribution is 5.81. The van der Waals surface area contributed by atoms with Gasteiger partial charge in [-0.05, 0) is 6.42 Å². The predicted molar refractivity (Wildman–Crippen MR) is 65.6 cm³/mol. The number of alkyl halides is 2. The smallest absolute Gasteiger partial charge is 0.263 e. The zero-order chi connectivity index (χ0) is 13.6. The molecule has 1 unspecified atom stereocenters. The van der Waals surface area contributed by atoms with E-state index in [-0.39, 0.29) is 17.7 Å². The molecule has 1 atom stereocenters. The Morgan fingerprint density at radius 1 is 1.17 bits per heavy atom. The Kier molecular flexibility index (Phi) is 3.38. The molecule has 0 bridgehead atoms. The number of hydrogen-bond acceptors (Lipinski definition) is 2. The first kappa shape index (κ1) is 13.7. The third-order valence-corrected chi connectivity index (χ3v) is 3.92. The zero-order valence-corrected chi connectivity index (χ0v) is 11.4. The highest BCUT2D eigenvalue weighted by atomic mass is 19.3. The van der Waals surface area contributed by atoms with E-state index < -0.39 is 12.0 Å². The van der Waals surface area contributed by atoms with Crippen LogP contribution in [0, 0.1) is 5.41 Å². The molecule has 0 spiro atoms. The fourth-order valence-electron chi connectivity index (χ4n) is 2.65. The Labute approximate surface area is 107 Å². The Morgan fingerprint density at radius 3 is 2.06 bits per heavy atom. The Balaban J connectivity index is 1.87. The third-order valence-electron chi connectivity index (χ3n) is 3.92. The topological polar surface area (TPSA) is 23.6 Å². The molecule has 0 aromatic heterocycles. The van der Waals surface area contributed by atoms with Gasteiger partial charge in [0.05, 0.1) is 6.04 Å². The summed E-state index contributed by atoms with van der Waals surface area (Å²) in [7, 11) is 0. The second-order valence-corrected chi connectivity index (χ2v) is 6.39. The molecule has 1 saturated heterocycles. The summed E-state index contributed by atoms with van der Waals surface area (Å²) in [6, 6.07) is -0.593. The summed E-state index contributed by atoms with van der Waals surface area (Å²) < 4.78 is 26.6. The van der Waals surface area contributed by atoms with Crippen molar-refractivity contribution in [3.8, 4) is 0 Å². The van der Waals surface area contributed by atoms with Gasteiger partial charge in [-0.25, -0.2) is 8.78 Å². The van der Waals surface area contributed by atoms with Crippen LogP contribution in [0.25, 0.3) is 0 Å². The molecule has 0 aromatic rings. The van der Waals surface area contributed by atoms with Gasteiger partial charge in [-0.2, -0.15) is 0 Å². The summed E-state index contributed by atoms with van der Waals surface area (Å²) in [6.07, 6.45) is 0.596. The normalized spacial score (nSPS) is 28.9. The molecule has 1 saturated carbocycles. The van der Waals surface area contributed by atoms with Crippen LogP contribution < -0.4 is 0 Å². The van der Waals surface area contributed by atoms with Gasteiger partial charge in [0.2, 0.25) is 5.91 Å². The molecule has 2 rings (SSSR count). The molecule has 3 nitrogen and oxygen atoms in total. The van der Waals surface area contributed by atoms with E-state index >= 15 is 0 Å². The molecule has 2 aliphatic rings. The van der Waals surface area contributed by atoms with Crippen LogP contribution in [0.3, 0.4) is 0 Å². The third kappa shape index (κ3) is 2.51. The van der Waals surface area contributed by atoms with Gasteiger partial charge in [0.15, 0.2) is 0 Å². The Hall–Kier alpha value is -0.710. The molecule has 2 fully saturated rings. The molecular formula is C13H22F2N2O. The molecule has 104 valence electrons. The van der Waals surface area contributed by atoms with Gasteiger partial charge in [0, 0.05) is 38.0 Å². The van der Waals surface area contributed by atoms with Crippen LogP contribution in [-0.2, 0) is 4.79 Å². The number of amides is 1. The van der Waals surface area contributed by atoms with Gasteiger partial charge >= 0.3 is 0 Å². The van der Waals surface area contributed by atoms with Crippen LogP contribution in [0.15, 0.2) is 0 Å². The zero-order valence-electron chi connectivity index (χ0n) is 11.4. The highest BCUT2D eigenvalue weighted by Crippen LogP contribution is 2.41. The molecule has 0 N–H and O–H groups in total. The van der Waals surface area contributed by atoms with Crippen molar-refractivity contribution in [2.45, 2.75) is 45.6 Å². The van der Waals surface area contributed by atoms with E-state index in [1.807, 2.05) is 25.7 Å². The molecule has 5 heteroatoms. The van der Waals surface area contributed by atoms with E-state index in [4.69, 9.17) is 0 Å². The van der Waals surface area contributed by atoms with E-state index in [1.54, 1.807) is 4.90 Å². The molecule has 1 amide bonds. The molecule has 0 aromatic carbocycles. The van der Waals surface area contributed by atoms with Crippen LogP contribution in [0.2, 0.25) is 0 Å². The standard InChI is InChI=1S/C13H22F2N2O/c1-12(2,3)11(18)17-8-6-16(7-9-17)10-4-5-13(10,14)15/h10H,4-9H2,1-3H3. The minimum absolute atomic E-state index is 0.0127. The van der Waals surface area contributed by atoms with E-state index in [0.29, 0.717) is 32.6 Å². The molecule has 1 aliphatic heterocycles. The molecule has 1 aliphatic carbocycles. The monoisotopic (exact) mass is 260 g/mol. The van der Waals surface area contributed by atoms with Crippen LogP contribution in [0.5, 0.6) is 0 Å². The lowest BCUT2D eigenvalue weighted by Crippen LogP contribution is -2.61. The lowest BCUT2D eigenvalue weighted by Gasteiger charge is -2.47. The van der Waals surface area contributed by atoms with Crippen molar-refractivity contribution in [1.82, 2.24) is 9.80 Å². The van der Waals surface area contributed by atoms with Crippen LogP contribution >= 0.6 is 0 Å². The van der Waals surface area contributed by atoms with Crippen molar-refractivity contribution in [3.05, 3.63) is 0 Å². The first-order chi connectivity index (χ1) is 8.22. The molecular weight excluding hydrogens is 238 g/mol. The van der Waals surface area contributed by atoms with Gasteiger partial charge in [-0.1, -0.05) is 20.8 Å². The Morgan fingerprint density at radius 2 is 1.72 bits per heavy atom. The van der Waals surface area contributed by atoms with Gasteiger partial charge in [0.1, 0.15) is 0 Å². The summed E-state index contributed by atoms with van der Waals surface area (Å²) in [4.78, 5) is 15.7. The number of nitrogens with zero attached hydrogens (tertiary/aromatic N) is 2. The van der Waals surface area contributed by atoms with E-state index in [9.17, 15) is 13.6 Å². The van der Waals surface area contributed by atoms with Crippen molar-refractivity contribution >= 4 is 5.91 Å². The Bertz CT molecular complexity index is 330. The van der Waals surface area contributed by atoms with Gasteiger partial charge in [-0.3, -0.25) is 9.69 Å². The van der Waals surface area contributed by atoms with Crippen LogP contribution in [0.1, 0.15) is 33.6 Å². The maximum atomic E-state index is 13.3.